The van der Waals surface area contributed by atoms with E-state index in [1.807, 2.05) is 13.8 Å². The van der Waals surface area contributed by atoms with Gasteiger partial charge in [-0.15, -0.1) is 0 Å². The average Bonchev–Trinajstić information content (AvgIpc) is 2.56. The minimum Gasteiger partial charge on any atom is -0.362 e. The highest BCUT2D eigenvalue weighted by Crippen LogP contribution is 2.33. The van der Waals surface area contributed by atoms with E-state index in [0.717, 1.165) is 32.4 Å². The summed E-state index contributed by atoms with van der Waals surface area (Å²) in [6.45, 7) is 5.81. The largest absolute Gasteiger partial charge is 0.362 e. The molecule has 0 aliphatic carbocycles. The standard InChI is InChI=1S/C13H23N5O2/c1-9(2)11-12(18(19)20)13(17(3)16-11)15-10-5-4-7-14-8-6-10/h9-10,14-15H,4-8H2,1-3H3. The summed E-state index contributed by atoms with van der Waals surface area (Å²) in [6.07, 6.45) is 3.08. The summed E-state index contributed by atoms with van der Waals surface area (Å²) in [5.74, 6) is 0.568. The number of hydrogen-bond acceptors (Lipinski definition) is 5. The van der Waals surface area contributed by atoms with Gasteiger partial charge in [-0.1, -0.05) is 13.8 Å². The summed E-state index contributed by atoms with van der Waals surface area (Å²) in [5, 5.41) is 22.4. The zero-order valence-electron chi connectivity index (χ0n) is 12.3. The van der Waals surface area contributed by atoms with Crippen molar-refractivity contribution in [2.45, 2.75) is 45.1 Å². The van der Waals surface area contributed by atoms with Crippen molar-refractivity contribution < 1.29 is 4.92 Å². The minimum absolute atomic E-state index is 0.0351. The van der Waals surface area contributed by atoms with Crippen LogP contribution in [0.5, 0.6) is 0 Å². The smallest absolute Gasteiger partial charge is 0.334 e. The Bertz CT molecular complexity index is 475. The summed E-state index contributed by atoms with van der Waals surface area (Å²) in [5.41, 5.74) is 0.673. The summed E-state index contributed by atoms with van der Waals surface area (Å²) in [4.78, 5) is 11.0. The predicted octanol–water partition coefficient (Wildman–Crippen LogP) is 2.01. The minimum atomic E-state index is -0.320. The van der Waals surface area contributed by atoms with E-state index < -0.39 is 0 Å². The highest BCUT2D eigenvalue weighted by Gasteiger charge is 2.29. The van der Waals surface area contributed by atoms with Crippen LogP contribution in [0.4, 0.5) is 11.5 Å². The fourth-order valence-corrected chi connectivity index (χ4v) is 2.62. The van der Waals surface area contributed by atoms with Gasteiger partial charge in [-0.05, 0) is 32.4 Å². The van der Waals surface area contributed by atoms with Crippen molar-refractivity contribution in [2.75, 3.05) is 18.4 Å². The van der Waals surface area contributed by atoms with Crippen molar-refractivity contribution in [3.63, 3.8) is 0 Å². The Balaban J connectivity index is 2.27. The summed E-state index contributed by atoms with van der Waals surface area (Å²) in [7, 11) is 1.76. The molecular formula is C13H23N5O2. The first kappa shape index (κ1) is 14.8. The van der Waals surface area contributed by atoms with Crippen molar-refractivity contribution >= 4 is 11.5 Å². The third-order valence-corrected chi connectivity index (χ3v) is 3.69. The molecule has 0 bridgehead atoms. The first-order valence-electron chi connectivity index (χ1n) is 7.19. The second kappa shape index (κ2) is 6.21. The second-order valence-electron chi connectivity index (χ2n) is 5.64. The second-order valence-corrected chi connectivity index (χ2v) is 5.64. The third kappa shape index (κ3) is 3.09. The maximum Gasteiger partial charge on any atom is 0.334 e. The Morgan fingerprint density at radius 2 is 2.20 bits per heavy atom. The Morgan fingerprint density at radius 3 is 2.85 bits per heavy atom. The van der Waals surface area contributed by atoms with E-state index in [9.17, 15) is 10.1 Å². The van der Waals surface area contributed by atoms with Gasteiger partial charge in [-0.25, -0.2) is 4.68 Å². The van der Waals surface area contributed by atoms with Crippen LogP contribution in [0.3, 0.4) is 0 Å². The highest BCUT2D eigenvalue weighted by atomic mass is 16.6. The highest BCUT2D eigenvalue weighted by molar-refractivity contribution is 5.61. The summed E-state index contributed by atoms with van der Waals surface area (Å²) >= 11 is 0. The van der Waals surface area contributed by atoms with E-state index in [4.69, 9.17) is 0 Å². The van der Waals surface area contributed by atoms with Crippen molar-refractivity contribution in [3.8, 4) is 0 Å². The molecule has 1 aliphatic heterocycles. The van der Waals surface area contributed by atoms with Gasteiger partial charge < -0.3 is 10.6 Å². The van der Waals surface area contributed by atoms with Crippen LogP contribution in [0.2, 0.25) is 0 Å². The zero-order chi connectivity index (χ0) is 14.7. The molecule has 1 aromatic heterocycles. The van der Waals surface area contributed by atoms with Gasteiger partial charge in [0.05, 0.1) is 4.92 Å². The SMILES string of the molecule is CC(C)c1nn(C)c(NC2CCCNCC2)c1[N+](=O)[O-]. The Kier molecular flexibility index (Phi) is 4.59. The molecule has 0 saturated carbocycles. The number of anilines is 1. The van der Waals surface area contributed by atoms with Gasteiger partial charge in [-0.2, -0.15) is 5.10 Å². The predicted molar refractivity (Wildman–Crippen MR) is 78.1 cm³/mol. The van der Waals surface area contributed by atoms with Gasteiger partial charge in [-0.3, -0.25) is 10.1 Å². The van der Waals surface area contributed by atoms with Crippen molar-refractivity contribution in [3.05, 3.63) is 15.8 Å². The van der Waals surface area contributed by atoms with Crippen LogP contribution in [0.25, 0.3) is 0 Å². The first-order chi connectivity index (χ1) is 9.50. The van der Waals surface area contributed by atoms with Gasteiger partial charge >= 0.3 is 5.69 Å². The van der Waals surface area contributed by atoms with E-state index in [1.165, 1.54) is 0 Å². The summed E-state index contributed by atoms with van der Waals surface area (Å²) in [6, 6.07) is 0.263. The number of nitrogens with one attached hydrogen (secondary N) is 2. The normalized spacial score (nSPS) is 19.9. The topological polar surface area (TPSA) is 85.0 Å². The lowest BCUT2D eigenvalue weighted by Crippen LogP contribution is -2.23. The van der Waals surface area contributed by atoms with Gasteiger partial charge in [0.1, 0.15) is 5.69 Å². The third-order valence-electron chi connectivity index (χ3n) is 3.69. The van der Waals surface area contributed by atoms with Crippen LogP contribution >= 0.6 is 0 Å². The van der Waals surface area contributed by atoms with Crippen LogP contribution in [-0.2, 0) is 7.05 Å². The van der Waals surface area contributed by atoms with Gasteiger partial charge in [0, 0.05) is 19.0 Å². The van der Waals surface area contributed by atoms with Gasteiger partial charge in [0.15, 0.2) is 0 Å². The molecule has 1 fully saturated rings. The molecule has 1 unspecified atom stereocenters. The lowest BCUT2D eigenvalue weighted by Gasteiger charge is -2.16. The quantitative estimate of drug-likeness (QED) is 0.651. The first-order valence-corrected chi connectivity index (χ1v) is 7.19. The Morgan fingerprint density at radius 1 is 1.45 bits per heavy atom. The molecule has 112 valence electrons. The molecule has 1 saturated heterocycles. The van der Waals surface area contributed by atoms with Crippen LogP contribution < -0.4 is 10.6 Å². The van der Waals surface area contributed by atoms with Gasteiger partial charge in [0.25, 0.3) is 0 Å². The molecule has 2 N–H and O–H groups in total. The monoisotopic (exact) mass is 281 g/mol. The number of nitro groups is 1. The molecule has 0 spiro atoms. The molecule has 1 aromatic rings. The van der Waals surface area contributed by atoms with Crippen molar-refractivity contribution in [1.82, 2.24) is 15.1 Å². The molecule has 1 aliphatic rings. The number of rotatable bonds is 4. The van der Waals surface area contributed by atoms with Crippen molar-refractivity contribution in [2.24, 2.45) is 7.05 Å². The molecule has 1 atom stereocenters. The fourth-order valence-electron chi connectivity index (χ4n) is 2.62. The van der Waals surface area contributed by atoms with E-state index in [2.05, 4.69) is 15.7 Å². The van der Waals surface area contributed by atoms with Gasteiger partial charge in [0.2, 0.25) is 5.82 Å². The van der Waals surface area contributed by atoms with Crippen LogP contribution in [0, 0.1) is 10.1 Å². The molecule has 2 rings (SSSR count). The molecule has 2 heterocycles. The maximum atomic E-state index is 11.4. The molecule has 0 amide bonds. The number of nitrogens with zero attached hydrogens (tertiary/aromatic N) is 3. The van der Waals surface area contributed by atoms with E-state index in [0.29, 0.717) is 11.5 Å². The molecule has 0 aromatic carbocycles. The molecular weight excluding hydrogens is 258 g/mol. The number of aryl methyl sites for hydroxylation is 1. The Labute approximate surface area is 118 Å². The maximum absolute atomic E-state index is 11.4. The molecule has 7 nitrogen and oxygen atoms in total. The van der Waals surface area contributed by atoms with E-state index >= 15 is 0 Å². The zero-order valence-corrected chi connectivity index (χ0v) is 12.3. The van der Waals surface area contributed by atoms with Crippen LogP contribution in [-0.4, -0.2) is 33.8 Å². The van der Waals surface area contributed by atoms with E-state index in [-0.39, 0.29) is 22.6 Å². The van der Waals surface area contributed by atoms with Crippen LogP contribution in [0.1, 0.15) is 44.7 Å². The number of hydrogen-bond donors (Lipinski definition) is 2. The van der Waals surface area contributed by atoms with Crippen LogP contribution in [0.15, 0.2) is 0 Å². The molecule has 0 radical (unpaired) electrons. The number of aromatic nitrogens is 2. The molecule has 20 heavy (non-hydrogen) atoms. The average molecular weight is 281 g/mol. The summed E-state index contributed by atoms with van der Waals surface area (Å²) < 4.78 is 1.60. The lowest BCUT2D eigenvalue weighted by atomic mass is 10.1. The van der Waals surface area contributed by atoms with E-state index in [1.54, 1.807) is 11.7 Å². The molecule has 7 heteroatoms. The Hall–Kier alpha value is -1.63. The fraction of sp³-hybridized carbons (Fsp3) is 0.769. The lowest BCUT2D eigenvalue weighted by molar-refractivity contribution is -0.384. The van der Waals surface area contributed by atoms with Crippen molar-refractivity contribution in [1.29, 1.82) is 0 Å².